The summed E-state index contributed by atoms with van der Waals surface area (Å²) < 4.78 is 0. The summed E-state index contributed by atoms with van der Waals surface area (Å²) >= 11 is 0. The molecule has 4 nitrogen and oxygen atoms in total. The first-order valence-electron chi connectivity index (χ1n) is 9.00. The molecule has 0 unspecified atom stereocenters. The van der Waals surface area contributed by atoms with Gasteiger partial charge < -0.3 is 10.2 Å². The Morgan fingerprint density at radius 3 is 2.31 bits per heavy atom. The number of piperidine rings is 1. The summed E-state index contributed by atoms with van der Waals surface area (Å²) in [7, 11) is 0. The Balaban J connectivity index is 1.70. The number of nitriles is 1. The fraction of sp³-hybridized carbons (Fsp3) is 0.273. The Morgan fingerprint density at radius 2 is 1.69 bits per heavy atom. The number of nitrogens with zero attached hydrogens (tertiary/aromatic N) is 2. The van der Waals surface area contributed by atoms with E-state index in [9.17, 15) is 10.1 Å². The van der Waals surface area contributed by atoms with Gasteiger partial charge in [-0.05, 0) is 62.1 Å². The van der Waals surface area contributed by atoms with Gasteiger partial charge in [0.15, 0.2) is 0 Å². The van der Waals surface area contributed by atoms with Crippen LogP contribution in [0.15, 0.2) is 54.1 Å². The minimum absolute atomic E-state index is 0.0938. The van der Waals surface area contributed by atoms with Crippen LogP contribution in [-0.2, 0) is 4.79 Å². The number of amides is 1. The van der Waals surface area contributed by atoms with E-state index in [4.69, 9.17) is 0 Å². The van der Waals surface area contributed by atoms with Crippen LogP contribution in [0.2, 0.25) is 0 Å². The third-order valence-electron chi connectivity index (χ3n) is 4.60. The molecule has 0 saturated carbocycles. The first-order valence-corrected chi connectivity index (χ1v) is 9.00. The maximum Gasteiger partial charge on any atom is 0.266 e. The van der Waals surface area contributed by atoms with E-state index in [0.29, 0.717) is 5.69 Å². The highest BCUT2D eigenvalue weighted by Crippen LogP contribution is 2.21. The topological polar surface area (TPSA) is 56.1 Å². The Kier molecular flexibility index (Phi) is 5.70. The van der Waals surface area contributed by atoms with Crippen molar-refractivity contribution in [2.24, 2.45) is 0 Å². The minimum atomic E-state index is -0.392. The van der Waals surface area contributed by atoms with Crippen molar-refractivity contribution in [1.82, 2.24) is 0 Å². The normalized spacial score (nSPS) is 14.6. The van der Waals surface area contributed by atoms with Gasteiger partial charge in [0.2, 0.25) is 0 Å². The standard InChI is InChI=1S/C22H23N3O/c1-17-5-9-20(10-6-17)24-22(26)19(16-23)15-18-7-11-21(12-8-18)25-13-3-2-4-14-25/h5-12,15H,2-4,13-14H2,1H3,(H,24,26)/b19-15+. The second kappa shape index (κ2) is 8.35. The number of carbonyl (C=O) groups excluding carboxylic acids is 1. The molecule has 1 fully saturated rings. The summed E-state index contributed by atoms with van der Waals surface area (Å²) in [6.07, 6.45) is 5.40. The van der Waals surface area contributed by atoms with E-state index in [1.54, 1.807) is 6.08 Å². The van der Waals surface area contributed by atoms with E-state index in [0.717, 1.165) is 24.2 Å². The van der Waals surface area contributed by atoms with Gasteiger partial charge in [-0.15, -0.1) is 0 Å². The Bertz CT molecular complexity index is 823. The summed E-state index contributed by atoms with van der Waals surface area (Å²) in [5.74, 6) is -0.392. The van der Waals surface area contributed by atoms with E-state index in [-0.39, 0.29) is 5.57 Å². The molecule has 0 bridgehead atoms. The number of benzene rings is 2. The minimum Gasteiger partial charge on any atom is -0.372 e. The Hall–Kier alpha value is -3.06. The van der Waals surface area contributed by atoms with Crippen LogP contribution in [0.25, 0.3) is 6.08 Å². The van der Waals surface area contributed by atoms with Gasteiger partial charge in [0.25, 0.3) is 5.91 Å². The van der Waals surface area contributed by atoms with Crippen molar-refractivity contribution >= 4 is 23.4 Å². The molecule has 2 aromatic carbocycles. The van der Waals surface area contributed by atoms with E-state index in [1.165, 1.54) is 24.9 Å². The van der Waals surface area contributed by atoms with Crippen LogP contribution >= 0.6 is 0 Å². The first-order chi connectivity index (χ1) is 12.7. The molecule has 26 heavy (non-hydrogen) atoms. The number of hydrogen-bond acceptors (Lipinski definition) is 3. The van der Waals surface area contributed by atoms with Crippen LogP contribution < -0.4 is 10.2 Å². The van der Waals surface area contributed by atoms with Crippen LogP contribution in [0.1, 0.15) is 30.4 Å². The summed E-state index contributed by atoms with van der Waals surface area (Å²) in [5, 5.41) is 12.1. The molecule has 3 rings (SSSR count). The smallest absolute Gasteiger partial charge is 0.266 e. The molecule has 1 heterocycles. The van der Waals surface area contributed by atoms with Crippen molar-refractivity contribution in [3.63, 3.8) is 0 Å². The quantitative estimate of drug-likeness (QED) is 0.654. The van der Waals surface area contributed by atoms with Crippen molar-refractivity contribution in [1.29, 1.82) is 5.26 Å². The van der Waals surface area contributed by atoms with Crippen LogP contribution in [-0.4, -0.2) is 19.0 Å². The van der Waals surface area contributed by atoms with Crippen LogP contribution in [0.3, 0.4) is 0 Å². The molecule has 0 aliphatic carbocycles. The van der Waals surface area contributed by atoms with Gasteiger partial charge in [-0.1, -0.05) is 29.8 Å². The number of hydrogen-bond donors (Lipinski definition) is 1. The second-order valence-corrected chi connectivity index (χ2v) is 6.63. The number of anilines is 2. The molecule has 1 amide bonds. The van der Waals surface area contributed by atoms with Crippen molar-refractivity contribution in [2.45, 2.75) is 26.2 Å². The molecular weight excluding hydrogens is 322 g/mol. The first kappa shape index (κ1) is 17.8. The van der Waals surface area contributed by atoms with Crippen molar-refractivity contribution in [2.75, 3.05) is 23.3 Å². The Morgan fingerprint density at radius 1 is 1.04 bits per heavy atom. The van der Waals surface area contributed by atoms with Crippen LogP contribution in [0.4, 0.5) is 11.4 Å². The number of rotatable bonds is 4. The van der Waals surface area contributed by atoms with Crippen molar-refractivity contribution < 1.29 is 4.79 Å². The van der Waals surface area contributed by atoms with Gasteiger partial charge in [0, 0.05) is 24.5 Å². The molecule has 4 heteroatoms. The lowest BCUT2D eigenvalue weighted by Crippen LogP contribution is -2.29. The number of aryl methyl sites for hydroxylation is 1. The van der Waals surface area contributed by atoms with E-state index >= 15 is 0 Å². The highest BCUT2D eigenvalue weighted by Gasteiger charge is 2.12. The average molecular weight is 345 g/mol. The molecule has 0 atom stereocenters. The summed E-state index contributed by atoms with van der Waals surface area (Å²) in [4.78, 5) is 14.7. The maximum atomic E-state index is 12.3. The van der Waals surface area contributed by atoms with Gasteiger partial charge >= 0.3 is 0 Å². The zero-order valence-electron chi connectivity index (χ0n) is 15.0. The van der Waals surface area contributed by atoms with Crippen LogP contribution in [0, 0.1) is 18.3 Å². The van der Waals surface area contributed by atoms with Gasteiger partial charge in [-0.2, -0.15) is 5.26 Å². The molecule has 1 aliphatic heterocycles. The predicted molar refractivity (Wildman–Crippen MR) is 106 cm³/mol. The largest absolute Gasteiger partial charge is 0.372 e. The zero-order chi connectivity index (χ0) is 18.4. The third-order valence-corrected chi connectivity index (χ3v) is 4.60. The van der Waals surface area contributed by atoms with Crippen LogP contribution in [0.5, 0.6) is 0 Å². The van der Waals surface area contributed by atoms with Crippen molar-refractivity contribution in [3.8, 4) is 6.07 Å². The van der Waals surface area contributed by atoms with Gasteiger partial charge in [-0.3, -0.25) is 4.79 Å². The lowest BCUT2D eigenvalue weighted by Gasteiger charge is -2.28. The predicted octanol–water partition coefficient (Wildman–Crippen LogP) is 4.53. The Labute approximate surface area is 154 Å². The average Bonchev–Trinajstić information content (AvgIpc) is 2.69. The van der Waals surface area contributed by atoms with Gasteiger partial charge in [0.05, 0.1) is 0 Å². The SMILES string of the molecule is Cc1ccc(NC(=O)/C(C#N)=C/c2ccc(N3CCCCC3)cc2)cc1. The number of nitrogens with one attached hydrogen (secondary N) is 1. The molecule has 0 spiro atoms. The highest BCUT2D eigenvalue weighted by molar-refractivity contribution is 6.09. The number of carbonyl (C=O) groups is 1. The zero-order valence-corrected chi connectivity index (χ0v) is 15.0. The molecular formula is C22H23N3O. The van der Waals surface area contributed by atoms with E-state index < -0.39 is 5.91 Å². The molecule has 1 N–H and O–H groups in total. The molecule has 1 aliphatic rings. The molecule has 1 saturated heterocycles. The van der Waals surface area contributed by atoms with Crippen molar-refractivity contribution in [3.05, 3.63) is 65.2 Å². The highest BCUT2D eigenvalue weighted by atomic mass is 16.1. The fourth-order valence-corrected chi connectivity index (χ4v) is 3.08. The lowest BCUT2D eigenvalue weighted by molar-refractivity contribution is -0.112. The monoisotopic (exact) mass is 345 g/mol. The summed E-state index contributed by atoms with van der Waals surface area (Å²) in [6, 6.07) is 17.5. The molecule has 0 aromatic heterocycles. The van der Waals surface area contributed by atoms with Gasteiger partial charge in [0.1, 0.15) is 11.6 Å². The summed E-state index contributed by atoms with van der Waals surface area (Å²) in [5.41, 5.74) is 3.94. The summed E-state index contributed by atoms with van der Waals surface area (Å²) in [6.45, 7) is 4.18. The maximum absolute atomic E-state index is 12.3. The molecule has 0 radical (unpaired) electrons. The molecule has 132 valence electrons. The van der Waals surface area contributed by atoms with E-state index in [1.807, 2.05) is 49.4 Å². The molecule has 2 aromatic rings. The third kappa shape index (κ3) is 4.52. The van der Waals surface area contributed by atoms with Gasteiger partial charge in [-0.25, -0.2) is 0 Å². The lowest BCUT2D eigenvalue weighted by atomic mass is 10.1. The van der Waals surface area contributed by atoms with E-state index in [2.05, 4.69) is 22.3 Å². The fourth-order valence-electron chi connectivity index (χ4n) is 3.08. The second-order valence-electron chi connectivity index (χ2n) is 6.63.